The number of hydrogen-bond donors (Lipinski definition) is 2. The molecule has 6 bridgehead atoms. The number of alkyl carbamates (subject to hydrolysis) is 1. The number of fused-ring (bicyclic) bond motifs is 6. The molecular weight excluding hydrogens is 825 g/mol. The molecule has 1 fully saturated rings. The number of aryl methyl sites for hydroxylation is 1. The average Bonchev–Trinajstić information content (AvgIpc) is 3.76. The largest absolute Gasteiger partial charge is 0.464 e. The smallest absolute Gasteiger partial charge is 0.407 e. The number of thiazole rings is 1. The second-order valence-electron chi connectivity index (χ2n) is 14.6. The van der Waals surface area contributed by atoms with Crippen LogP contribution in [0.15, 0.2) is 41.9 Å². The number of benzene rings is 1. The van der Waals surface area contributed by atoms with E-state index in [1.165, 1.54) is 23.5 Å². The molecule has 3 aromatic heterocycles. The molecule has 2 N–H and O–H groups in total. The van der Waals surface area contributed by atoms with Crippen LogP contribution in [0.25, 0.3) is 33.4 Å². The number of aromatic nitrogens is 3. The van der Waals surface area contributed by atoms with Gasteiger partial charge in [0.15, 0.2) is 0 Å². The molecule has 1 saturated heterocycles. The number of methoxy groups -OCH3 is 2. The summed E-state index contributed by atoms with van der Waals surface area (Å²) in [6, 6.07) is 8.70. The number of carbonyl (C=O) groups is 3. The van der Waals surface area contributed by atoms with Crippen molar-refractivity contribution in [2.24, 2.45) is 5.41 Å². The molecule has 316 valence electrons. The Kier molecular flexibility index (Phi) is 19.2. The molecule has 6 rings (SSSR count). The lowest BCUT2D eigenvalue weighted by atomic mass is 9.84. The number of carbonyl (C=O) groups excluding carboxylic acids is 3. The van der Waals surface area contributed by atoms with Crippen LogP contribution in [0.5, 0.6) is 0 Å². The molecule has 0 unspecified atom stereocenters. The molecule has 1 aromatic carbocycles. The van der Waals surface area contributed by atoms with E-state index in [-0.39, 0.29) is 85.8 Å². The second kappa shape index (κ2) is 21.9. The van der Waals surface area contributed by atoms with Crippen LogP contribution in [0, 0.1) is 5.41 Å². The normalized spacial score (nSPS) is 19.0. The number of amides is 2. The summed E-state index contributed by atoms with van der Waals surface area (Å²) in [5, 5.41) is 7.87. The fourth-order valence-electron chi connectivity index (χ4n) is 7.01. The molecular formula is C39H58N6O7S5. The predicted octanol–water partition coefficient (Wildman–Crippen LogP) is 6.30. The van der Waals surface area contributed by atoms with E-state index in [1.54, 1.807) is 20.2 Å². The molecule has 57 heavy (non-hydrogen) atoms. The lowest BCUT2D eigenvalue weighted by Crippen LogP contribution is -2.60. The minimum atomic E-state index is -1.00. The summed E-state index contributed by atoms with van der Waals surface area (Å²) in [4.78, 5) is 50.2. The number of hydrazine groups is 1. The third-order valence-electron chi connectivity index (χ3n) is 9.98. The van der Waals surface area contributed by atoms with Gasteiger partial charge in [0.1, 0.15) is 18.7 Å². The van der Waals surface area contributed by atoms with Crippen molar-refractivity contribution in [2.45, 2.75) is 91.1 Å². The van der Waals surface area contributed by atoms with E-state index in [2.05, 4.69) is 60.3 Å². The monoisotopic (exact) mass is 882 g/mol. The van der Waals surface area contributed by atoms with E-state index in [4.69, 9.17) is 28.9 Å². The first-order valence-corrected chi connectivity index (χ1v) is 19.1. The van der Waals surface area contributed by atoms with Gasteiger partial charge in [-0.25, -0.2) is 15.2 Å². The van der Waals surface area contributed by atoms with Crippen LogP contribution >= 0.6 is 65.3 Å². The van der Waals surface area contributed by atoms with Crippen molar-refractivity contribution in [3.63, 3.8) is 0 Å². The van der Waals surface area contributed by atoms with Crippen molar-refractivity contribution >= 4 is 94.2 Å². The second-order valence-corrected chi connectivity index (χ2v) is 15.5. The molecule has 0 aliphatic carbocycles. The SMILES string of the molecule is CCn1c(-c2cccnc2[C@H](C)OC)c2c3cc(ccc31)-c1csc(n1)C[C@H](NC(=O)OC[C@H](C)OC)C(=O)N1CCC[C@H](N1)C(=O)OCC(C)(C)C2.S.S.S.S. The highest BCUT2D eigenvalue weighted by Gasteiger charge is 2.36. The third kappa shape index (κ3) is 11.4. The van der Waals surface area contributed by atoms with Crippen molar-refractivity contribution in [3.8, 4) is 22.5 Å². The van der Waals surface area contributed by atoms with Crippen molar-refractivity contribution in [1.82, 2.24) is 30.3 Å². The Morgan fingerprint density at radius 3 is 2.58 bits per heavy atom. The minimum absolute atomic E-state index is 0. The number of esters is 1. The van der Waals surface area contributed by atoms with E-state index in [1.807, 2.05) is 18.4 Å². The van der Waals surface area contributed by atoms with Crippen molar-refractivity contribution in [2.75, 3.05) is 34.0 Å². The van der Waals surface area contributed by atoms with Crippen LogP contribution < -0.4 is 10.7 Å². The summed E-state index contributed by atoms with van der Waals surface area (Å²) in [5.41, 5.74) is 9.40. The van der Waals surface area contributed by atoms with Gasteiger partial charge in [-0.05, 0) is 69.9 Å². The van der Waals surface area contributed by atoms with E-state index in [0.29, 0.717) is 30.8 Å². The van der Waals surface area contributed by atoms with Crippen molar-refractivity contribution in [3.05, 3.63) is 58.2 Å². The lowest BCUT2D eigenvalue weighted by Gasteiger charge is -2.35. The molecule has 0 spiro atoms. The molecule has 0 saturated carbocycles. The fraction of sp³-hybridized carbons (Fsp3) is 0.513. The summed E-state index contributed by atoms with van der Waals surface area (Å²) < 4.78 is 24.7. The Labute approximate surface area is 367 Å². The van der Waals surface area contributed by atoms with Gasteiger partial charge in [0, 0.05) is 72.8 Å². The maximum Gasteiger partial charge on any atom is 0.407 e. The highest BCUT2D eigenvalue weighted by atomic mass is 32.1. The zero-order valence-electron chi connectivity index (χ0n) is 33.6. The average molecular weight is 883 g/mol. The zero-order valence-corrected chi connectivity index (χ0v) is 38.4. The number of nitrogens with zero attached hydrogens (tertiary/aromatic N) is 4. The molecule has 2 aliphatic rings. The Bertz CT molecular complexity index is 1970. The van der Waals surface area contributed by atoms with Crippen LogP contribution in [0.1, 0.15) is 69.8 Å². The van der Waals surface area contributed by atoms with E-state index < -0.39 is 35.5 Å². The van der Waals surface area contributed by atoms with E-state index >= 15 is 0 Å². The summed E-state index contributed by atoms with van der Waals surface area (Å²) in [6.45, 7) is 11.4. The molecule has 4 aromatic rings. The van der Waals surface area contributed by atoms with Gasteiger partial charge < -0.3 is 28.8 Å². The van der Waals surface area contributed by atoms with Gasteiger partial charge in [0.05, 0.1) is 40.9 Å². The topological polar surface area (TPSA) is 146 Å². The van der Waals surface area contributed by atoms with Crippen LogP contribution in [-0.4, -0.2) is 89.7 Å². The summed E-state index contributed by atoms with van der Waals surface area (Å²) >= 11 is 1.42. The van der Waals surface area contributed by atoms with Crippen LogP contribution in [-0.2, 0) is 47.9 Å². The van der Waals surface area contributed by atoms with Crippen LogP contribution in [0.4, 0.5) is 4.79 Å². The third-order valence-corrected chi connectivity index (χ3v) is 10.9. The predicted molar refractivity (Wildman–Crippen MR) is 244 cm³/mol. The number of rotatable bonds is 8. The van der Waals surface area contributed by atoms with Crippen LogP contribution in [0.2, 0.25) is 0 Å². The van der Waals surface area contributed by atoms with Gasteiger partial charge in [0.2, 0.25) is 0 Å². The highest BCUT2D eigenvalue weighted by Crippen LogP contribution is 2.42. The zero-order chi connectivity index (χ0) is 37.9. The number of hydrogen-bond acceptors (Lipinski definition) is 11. The number of nitrogens with one attached hydrogen (secondary N) is 2. The molecule has 2 amide bonds. The lowest BCUT2D eigenvalue weighted by molar-refractivity contribution is -0.155. The molecule has 13 nitrogen and oxygen atoms in total. The van der Waals surface area contributed by atoms with E-state index in [0.717, 1.165) is 51.2 Å². The first-order chi connectivity index (χ1) is 25.4. The van der Waals surface area contributed by atoms with Crippen molar-refractivity contribution in [1.29, 1.82) is 0 Å². The standard InChI is InChI=1S/C39H50N6O7S.4H2S/c1-8-44-32-14-13-25-17-27(32)28(35(44)26-11-9-15-40-34(26)24(3)50-7)19-39(4,5)22-52-37(47)29-12-10-16-45(43-29)36(46)30(18-33-41-31(25)21-53-33)42-38(48)51-20-23(2)49-6;;;;/h9,11,13-15,17,21,23-24,29-30,43H,8,10,12,16,18-20,22H2,1-7H3,(H,42,48);4*1H2/t23-,24-,29-,30-;;;;/m0..../s1. The molecule has 2 aliphatic heterocycles. The Hall–Kier alpha value is -2.97. The maximum absolute atomic E-state index is 14.0. The molecule has 4 atom stereocenters. The minimum Gasteiger partial charge on any atom is -0.464 e. The maximum atomic E-state index is 14.0. The van der Waals surface area contributed by atoms with Gasteiger partial charge in [-0.15, -0.1) is 11.3 Å². The van der Waals surface area contributed by atoms with Gasteiger partial charge >= 0.3 is 12.1 Å². The number of cyclic esters (lactones) is 1. The summed E-state index contributed by atoms with van der Waals surface area (Å²) in [5.74, 6) is -0.824. The Balaban J connectivity index is 0.00000280. The van der Waals surface area contributed by atoms with E-state index in [9.17, 15) is 14.4 Å². The fourth-order valence-corrected chi connectivity index (χ4v) is 7.86. The van der Waals surface area contributed by atoms with Gasteiger partial charge in [0.25, 0.3) is 5.91 Å². The van der Waals surface area contributed by atoms with Gasteiger partial charge in [-0.2, -0.15) is 54.0 Å². The quantitative estimate of drug-likeness (QED) is 0.194. The summed E-state index contributed by atoms with van der Waals surface area (Å²) in [7, 11) is 3.22. The Morgan fingerprint density at radius 1 is 1.12 bits per heavy atom. The highest BCUT2D eigenvalue weighted by molar-refractivity contribution is 7.59. The Morgan fingerprint density at radius 2 is 1.88 bits per heavy atom. The first-order valence-electron chi connectivity index (χ1n) is 18.2. The van der Waals surface area contributed by atoms with Gasteiger partial charge in [-0.1, -0.05) is 19.9 Å². The van der Waals surface area contributed by atoms with Gasteiger partial charge in [-0.3, -0.25) is 19.6 Å². The summed E-state index contributed by atoms with van der Waals surface area (Å²) in [6.07, 6.45) is 2.33. The number of ether oxygens (including phenoxy) is 4. The first kappa shape index (κ1) is 50.2. The molecule has 18 heteroatoms. The molecule has 5 heterocycles. The number of pyridine rings is 1. The van der Waals surface area contributed by atoms with Crippen LogP contribution in [0.3, 0.4) is 0 Å². The molecule has 0 radical (unpaired) electrons. The van der Waals surface area contributed by atoms with Crippen molar-refractivity contribution < 1.29 is 33.3 Å².